The van der Waals surface area contributed by atoms with Crippen LogP contribution in [0.3, 0.4) is 0 Å². The van der Waals surface area contributed by atoms with E-state index in [1.54, 1.807) is 0 Å². The van der Waals surface area contributed by atoms with Crippen molar-refractivity contribution in [3.05, 3.63) is 59.7 Å². The van der Waals surface area contributed by atoms with Crippen molar-refractivity contribution in [1.29, 1.82) is 0 Å². The highest BCUT2D eigenvalue weighted by Gasteiger charge is 2.15. The van der Waals surface area contributed by atoms with Crippen LogP contribution in [0.5, 0.6) is 0 Å². The van der Waals surface area contributed by atoms with Crippen LogP contribution in [0.2, 0.25) is 0 Å². The van der Waals surface area contributed by atoms with Gasteiger partial charge in [-0.25, -0.2) is 0 Å². The minimum absolute atomic E-state index is 0.482. The largest absolute Gasteiger partial charge is 0.374 e. The van der Waals surface area contributed by atoms with Crippen LogP contribution in [0.1, 0.15) is 70.4 Å². The van der Waals surface area contributed by atoms with E-state index in [4.69, 9.17) is 4.74 Å². The molecule has 158 valence electrons. The summed E-state index contributed by atoms with van der Waals surface area (Å²) in [6, 6.07) is 18.0. The number of rotatable bonds is 11. The first kappa shape index (κ1) is 22.1. The Bertz CT molecular complexity index is 698. The molecule has 0 radical (unpaired) electrons. The molecule has 2 aromatic carbocycles. The average molecular weight is 394 g/mol. The number of benzene rings is 2. The van der Waals surface area contributed by atoms with Gasteiger partial charge in [-0.05, 0) is 66.9 Å². The zero-order chi connectivity index (χ0) is 20.5. The van der Waals surface area contributed by atoms with Crippen molar-refractivity contribution in [2.75, 3.05) is 13.1 Å². The Morgan fingerprint density at radius 1 is 0.862 bits per heavy atom. The molecule has 2 aromatic rings. The molecule has 0 saturated heterocycles. The molecule has 1 aliphatic rings. The van der Waals surface area contributed by atoms with Gasteiger partial charge in [0.25, 0.3) is 0 Å². The first-order valence-corrected chi connectivity index (χ1v) is 11.7. The lowest BCUT2D eigenvalue weighted by atomic mass is 10.0. The Morgan fingerprint density at radius 2 is 1.45 bits per heavy atom. The van der Waals surface area contributed by atoms with Crippen molar-refractivity contribution in [3.8, 4) is 11.1 Å². The lowest BCUT2D eigenvalue weighted by Gasteiger charge is -2.23. The lowest BCUT2D eigenvalue weighted by Crippen LogP contribution is -2.26. The van der Waals surface area contributed by atoms with Crippen molar-refractivity contribution < 1.29 is 4.74 Å². The Kier molecular flexibility index (Phi) is 8.76. The molecule has 0 amide bonds. The van der Waals surface area contributed by atoms with Gasteiger partial charge < -0.3 is 4.74 Å². The van der Waals surface area contributed by atoms with E-state index in [2.05, 4.69) is 74.2 Å². The van der Waals surface area contributed by atoms with Crippen LogP contribution >= 0.6 is 0 Å². The number of nitrogens with zero attached hydrogens (tertiary/aromatic N) is 1. The number of ether oxygens (including phenoxy) is 1. The van der Waals surface area contributed by atoms with Crippen molar-refractivity contribution in [1.82, 2.24) is 4.90 Å². The molecule has 0 bridgehead atoms. The second kappa shape index (κ2) is 11.5. The third kappa shape index (κ3) is 7.28. The molecule has 3 rings (SSSR count). The predicted octanol–water partition coefficient (Wildman–Crippen LogP) is 7.07. The zero-order valence-electron chi connectivity index (χ0n) is 18.7. The fourth-order valence-corrected chi connectivity index (χ4v) is 4.15. The maximum atomic E-state index is 6.04. The Balaban J connectivity index is 1.54. The van der Waals surface area contributed by atoms with Gasteiger partial charge in [0.05, 0.1) is 12.7 Å². The highest BCUT2D eigenvalue weighted by molar-refractivity contribution is 5.63. The van der Waals surface area contributed by atoms with Gasteiger partial charge in [-0.2, -0.15) is 0 Å². The normalized spacial score (nSPS) is 14.9. The first-order chi connectivity index (χ1) is 14.1. The highest BCUT2D eigenvalue weighted by atomic mass is 16.5. The number of hydrogen-bond acceptors (Lipinski definition) is 2. The summed E-state index contributed by atoms with van der Waals surface area (Å²) in [5, 5.41) is 0. The van der Waals surface area contributed by atoms with Crippen molar-refractivity contribution in [3.63, 3.8) is 0 Å². The van der Waals surface area contributed by atoms with Crippen LogP contribution in [0.4, 0.5) is 0 Å². The molecule has 0 heterocycles. The van der Waals surface area contributed by atoms with E-state index in [1.807, 2.05) is 0 Å². The second-order valence-electron chi connectivity index (χ2n) is 9.07. The van der Waals surface area contributed by atoms with E-state index in [1.165, 1.54) is 73.9 Å². The third-order valence-corrected chi connectivity index (χ3v) is 6.00. The Hall–Kier alpha value is -1.64. The fraction of sp³-hybridized carbons (Fsp3) is 0.556. The van der Waals surface area contributed by atoms with Crippen LogP contribution in [0.25, 0.3) is 11.1 Å². The summed E-state index contributed by atoms with van der Waals surface area (Å²) in [6.07, 6.45) is 8.09. The van der Waals surface area contributed by atoms with Gasteiger partial charge in [-0.3, -0.25) is 4.90 Å². The van der Waals surface area contributed by atoms with E-state index in [0.29, 0.717) is 6.10 Å². The summed E-state index contributed by atoms with van der Waals surface area (Å²) in [6.45, 7) is 11.1. The first-order valence-electron chi connectivity index (χ1n) is 11.7. The van der Waals surface area contributed by atoms with Crippen LogP contribution < -0.4 is 0 Å². The molecular formula is C27H39NO. The molecule has 1 aliphatic carbocycles. The molecule has 1 fully saturated rings. The minimum Gasteiger partial charge on any atom is -0.374 e. The molecule has 0 aliphatic heterocycles. The quantitative estimate of drug-likeness (QED) is 0.405. The van der Waals surface area contributed by atoms with E-state index in [9.17, 15) is 0 Å². The molecule has 0 unspecified atom stereocenters. The van der Waals surface area contributed by atoms with Crippen molar-refractivity contribution >= 4 is 0 Å². The maximum absolute atomic E-state index is 6.04. The predicted molar refractivity (Wildman–Crippen MR) is 124 cm³/mol. The van der Waals surface area contributed by atoms with Crippen LogP contribution in [-0.2, 0) is 17.9 Å². The SMILES string of the molecule is CCCN(CCC(C)C)Cc1ccc(-c2ccc(COC3CCCC3)cc2)cc1. The van der Waals surface area contributed by atoms with E-state index >= 15 is 0 Å². The van der Waals surface area contributed by atoms with Crippen molar-refractivity contribution in [2.24, 2.45) is 5.92 Å². The van der Waals surface area contributed by atoms with Gasteiger partial charge >= 0.3 is 0 Å². The molecule has 29 heavy (non-hydrogen) atoms. The summed E-state index contributed by atoms with van der Waals surface area (Å²) in [5.74, 6) is 0.767. The van der Waals surface area contributed by atoms with Gasteiger partial charge in [0.1, 0.15) is 0 Å². The van der Waals surface area contributed by atoms with Gasteiger partial charge in [0.15, 0.2) is 0 Å². The second-order valence-corrected chi connectivity index (χ2v) is 9.07. The van der Waals surface area contributed by atoms with E-state index < -0.39 is 0 Å². The van der Waals surface area contributed by atoms with E-state index in [-0.39, 0.29) is 0 Å². The molecule has 1 saturated carbocycles. The minimum atomic E-state index is 0.482. The molecule has 2 nitrogen and oxygen atoms in total. The molecular weight excluding hydrogens is 354 g/mol. The monoisotopic (exact) mass is 393 g/mol. The molecule has 0 N–H and O–H groups in total. The van der Waals surface area contributed by atoms with Gasteiger partial charge in [-0.15, -0.1) is 0 Å². The maximum Gasteiger partial charge on any atom is 0.0720 e. The molecule has 0 spiro atoms. The smallest absolute Gasteiger partial charge is 0.0720 e. The van der Waals surface area contributed by atoms with Crippen molar-refractivity contribution in [2.45, 2.75) is 78.6 Å². The lowest BCUT2D eigenvalue weighted by molar-refractivity contribution is 0.0457. The van der Waals surface area contributed by atoms with Crippen LogP contribution in [0, 0.1) is 5.92 Å². The standard InChI is InChI=1S/C27H39NO/c1-4-18-28(19-17-22(2)3)20-23-9-13-25(14-10-23)26-15-11-24(12-16-26)21-29-27-7-5-6-8-27/h9-16,22,27H,4-8,17-21H2,1-3H3. The summed E-state index contributed by atoms with van der Waals surface area (Å²) >= 11 is 0. The summed E-state index contributed by atoms with van der Waals surface area (Å²) < 4.78 is 6.04. The summed E-state index contributed by atoms with van der Waals surface area (Å²) in [5.41, 5.74) is 5.26. The van der Waals surface area contributed by atoms with E-state index in [0.717, 1.165) is 19.1 Å². The molecule has 0 aromatic heterocycles. The fourth-order valence-electron chi connectivity index (χ4n) is 4.15. The highest BCUT2D eigenvalue weighted by Crippen LogP contribution is 2.24. The zero-order valence-corrected chi connectivity index (χ0v) is 18.7. The van der Waals surface area contributed by atoms with Crippen LogP contribution in [0.15, 0.2) is 48.5 Å². The third-order valence-electron chi connectivity index (χ3n) is 6.00. The summed E-state index contributed by atoms with van der Waals surface area (Å²) in [7, 11) is 0. The van der Waals surface area contributed by atoms with Crippen LogP contribution in [-0.4, -0.2) is 24.1 Å². The molecule has 0 atom stereocenters. The molecule has 2 heteroatoms. The Labute approximate surface area is 178 Å². The van der Waals surface area contributed by atoms with Gasteiger partial charge in [0.2, 0.25) is 0 Å². The number of hydrogen-bond donors (Lipinski definition) is 0. The van der Waals surface area contributed by atoms with Gasteiger partial charge in [0, 0.05) is 6.54 Å². The van der Waals surface area contributed by atoms with Gasteiger partial charge in [-0.1, -0.05) is 82.1 Å². The Morgan fingerprint density at radius 3 is 2.00 bits per heavy atom. The average Bonchev–Trinajstić information content (AvgIpc) is 3.25. The summed E-state index contributed by atoms with van der Waals surface area (Å²) in [4.78, 5) is 2.59. The topological polar surface area (TPSA) is 12.5 Å².